The molecule has 24 heavy (non-hydrogen) atoms. The van der Waals surface area contributed by atoms with Crippen LogP contribution in [0.2, 0.25) is 0 Å². The smallest absolute Gasteiger partial charge is 0.118 e. The summed E-state index contributed by atoms with van der Waals surface area (Å²) in [6, 6.07) is 9.19. The summed E-state index contributed by atoms with van der Waals surface area (Å²) in [5, 5.41) is 6.80. The first-order chi connectivity index (χ1) is 11.8. The number of hydrogen-bond donors (Lipinski definition) is 1. The zero-order valence-corrected chi connectivity index (χ0v) is 15.0. The molecule has 1 aromatic heterocycles. The molecule has 2 heterocycles. The highest BCUT2D eigenvalue weighted by atomic mass is 32.1. The average molecular weight is 343 g/mol. The zero-order chi connectivity index (χ0) is 16.4. The Morgan fingerprint density at radius 2 is 2.04 bits per heavy atom. The van der Waals surface area contributed by atoms with Crippen molar-refractivity contribution in [3.05, 3.63) is 46.4 Å². The van der Waals surface area contributed by atoms with Crippen LogP contribution in [-0.2, 0) is 13.1 Å². The number of nitrogens with one attached hydrogen (secondary N) is 1. The minimum atomic E-state index is 0.551. The molecule has 1 saturated carbocycles. The predicted octanol–water partition coefficient (Wildman–Crippen LogP) is 3.30. The van der Waals surface area contributed by atoms with E-state index in [0.29, 0.717) is 11.5 Å². The molecule has 1 saturated heterocycles. The molecule has 0 bridgehead atoms. The van der Waals surface area contributed by atoms with Gasteiger partial charge < -0.3 is 10.1 Å². The Morgan fingerprint density at radius 1 is 1.25 bits per heavy atom. The van der Waals surface area contributed by atoms with Crippen molar-refractivity contribution >= 4 is 11.3 Å². The molecule has 1 aliphatic heterocycles. The van der Waals surface area contributed by atoms with Gasteiger partial charge in [-0.25, -0.2) is 4.98 Å². The average Bonchev–Trinajstić information content (AvgIpc) is 3.06. The number of rotatable bonds is 6. The second-order valence-electron chi connectivity index (χ2n) is 7.01. The van der Waals surface area contributed by atoms with Gasteiger partial charge in [0.1, 0.15) is 10.8 Å². The number of aromatic nitrogens is 1. The van der Waals surface area contributed by atoms with Gasteiger partial charge in [-0.2, -0.15) is 0 Å². The molecule has 2 aliphatic rings. The van der Waals surface area contributed by atoms with E-state index in [2.05, 4.69) is 44.8 Å². The lowest BCUT2D eigenvalue weighted by molar-refractivity contribution is 0.188. The monoisotopic (exact) mass is 343 g/mol. The Labute approximate surface area is 147 Å². The maximum Gasteiger partial charge on any atom is 0.118 e. The standard InChI is InChI=1S/C19H25N3OS/c1-23-16-4-2-15(3-5-16)13-22(14-18-21-10-11-24-18)17-12-19(17)6-8-20-9-7-19/h2-5,10-11,17,20H,6-9,12-14H2,1H3/t17-/m0/s1. The van der Waals surface area contributed by atoms with Crippen molar-refractivity contribution in [2.45, 2.75) is 38.4 Å². The van der Waals surface area contributed by atoms with Crippen LogP contribution in [0, 0.1) is 5.41 Å². The van der Waals surface area contributed by atoms with Gasteiger partial charge in [0.15, 0.2) is 0 Å². The van der Waals surface area contributed by atoms with E-state index in [1.54, 1.807) is 18.4 Å². The Balaban J connectivity index is 1.49. The van der Waals surface area contributed by atoms with E-state index in [1.165, 1.54) is 42.9 Å². The predicted molar refractivity (Wildman–Crippen MR) is 97.3 cm³/mol. The lowest BCUT2D eigenvalue weighted by atomic mass is 9.93. The van der Waals surface area contributed by atoms with Crippen LogP contribution < -0.4 is 10.1 Å². The number of piperidine rings is 1. The van der Waals surface area contributed by atoms with Crippen molar-refractivity contribution in [3.8, 4) is 5.75 Å². The fraction of sp³-hybridized carbons (Fsp3) is 0.526. The summed E-state index contributed by atoms with van der Waals surface area (Å²) >= 11 is 1.76. The van der Waals surface area contributed by atoms with E-state index in [-0.39, 0.29) is 0 Å². The van der Waals surface area contributed by atoms with Crippen LogP contribution in [0.4, 0.5) is 0 Å². The van der Waals surface area contributed by atoms with Gasteiger partial charge in [-0.05, 0) is 55.5 Å². The first-order valence-electron chi connectivity index (χ1n) is 8.75. The fourth-order valence-corrected chi connectivity index (χ4v) is 4.69. The first-order valence-corrected chi connectivity index (χ1v) is 9.63. The highest BCUT2D eigenvalue weighted by Gasteiger charge is 2.56. The Kier molecular flexibility index (Phi) is 4.57. The Morgan fingerprint density at radius 3 is 2.71 bits per heavy atom. The van der Waals surface area contributed by atoms with E-state index in [4.69, 9.17) is 4.74 Å². The maximum absolute atomic E-state index is 5.28. The third-order valence-corrected chi connectivity index (χ3v) is 6.32. The Hall–Kier alpha value is -1.43. The molecule has 1 N–H and O–H groups in total. The van der Waals surface area contributed by atoms with E-state index < -0.39 is 0 Å². The summed E-state index contributed by atoms with van der Waals surface area (Å²) < 4.78 is 5.28. The van der Waals surface area contributed by atoms with Crippen molar-refractivity contribution in [1.29, 1.82) is 0 Å². The molecule has 0 radical (unpaired) electrons. The number of hydrogen-bond acceptors (Lipinski definition) is 5. The van der Waals surface area contributed by atoms with Gasteiger partial charge in [0.25, 0.3) is 0 Å². The highest BCUT2D eigenvalue weighted by molar-refractivity contribution is 7.09. The van der Waals surface area contributed by atoms with Crippen LogP contribution in [0.25, 0.3) is 0 Å². The summed E-state index contributed by atoms with van der Waals surface area (Å²) in [4.78, 5) is 7.16. The normalized spacial score (nSPS) is 22.0. The van der Waals surface area contributed by atoms with Crippen molar-refractivity contribution in [3.63, 3.8) is 0 Å². The van der Waals surface area contributed by atoms with E-state index in [0.717, 1.165) is 18.8 Å². The minimum absolute atomic E-state index is 0.551. The third kappa shape index (κ3) is 3.34. The third-order valence-electron chi connectivity index (χ3n) is 5.55. The van der Waals surface area contributed by atoms with E-state index >= 15 is 0 Å². The second kappa shape index (κ2) is 6.82. The summed E-state index contributed by atoms with van der Waals surface area (Å²) in [6.07, 6.45) is 5.89. The molecule has 1 aliphatic carbocycles. The lowest BCUT2D eigenvalue weighted by Gasteiger charge is -2.29. The number of benzene rings is 1. The molecule has 0 amide bonds. The molecule has 5 heteroatoms. The fourth-order valence-electron chi connectivity index (χ4n) is 4.05. The van der Waals surface area contributed by atoms with Crippen LogP contribution in [-0.4, -0.2) is 36.1 Å². The lowest BCUT2D eigenvalue weighted by Crippen LogP contribution is -2.35. The second-order valence-corrected chi connectivity index (χ2v) is 7.99. The van der Waals surface area contributed by atoms with Gasteiger partial charge in [-0.15, -0.1) is 11.3 Å². The molecule has 2 fully saturated rings. The highest BCUT2D eigenvalue weighted by Crippen LogP contribution is 2.56. The van der Waals surface area contributed by atoms with Crippen molar-refractivity contribution in [1.82, 2.24) is 15.2 Å². The van der Waals surface area contributed by atoms with Crippen molar-refractivity contribution in [2.75, 3.05) is 20.2 Å². The largest absolute Gasteiger partial charge is 0.497 e. The number of ether oxygens (including phenoxy) is 1. The van der Waals surface area contributed by atoms with Gasteiger partial charge in [-0.3, -0.25) is 4.90 Å². The summed E-state index contributed by atoms with van der Waals surface area (Å²) in [6.45, 7) is 4.29. The molecule has 1 spiro atoms. The minimum Gasteiger partial charge on any atom is -0.497 e. The van der Waals surface area contributed by atoms with Gasteiger partial charge in [0.2, 0.25) is 0 Å². The van der Waals surface area contributed by atoms with E-state index in [9.17, 15) is 0 Å². The van der Waals surface area contributed by atoms with Gasteiger partial charge in [0, 0.05) is 24.2 Å². The van der Waals surface area contributed by atoms with Crippen LogP contribution in [0.1, 0.15) is 29.8 Å². The van der Waals surface area contributed by atoms with Crippen LogP contribution in [0.15, 0.2) is 35.8 Å². The topological polar surface area (TPSA) is 37.4 Å². The van der Waals surface area contributed by atoms with Crippen molar-refractivity contribution < 1.29 is 4.74 Å². The molecule has 1 atom stereocenters. The van der Waals surface area contributed by atoms with Gasteiger partial charge in [-0.1, -0.05) is 12.1 Å². The van der Waals surface area contributed by atoms with Crippen LogP contribution in [0.5, 0.6) is 5.75 Å². The van der Waals surface area contributed by atoms with Crippen LogP contribution >= 0.6 is 11.3 Å². The van der Waals surface area contributed by atoms with Gasteiger partial charge in [0.05, 0.1) is 13.7 Å². The first kappa shape index (κ1) is 16.1. The number of thiazole rings is 1. The summed E-state index contributed by atoms with van der Waals surface area (Å²) in [5.74, 6) is 0.923. The molecular formula is C19H25N3OS. The quantitative estimate of drug-likeness (QED) is 0.873. The molecular weight excluding hydrogens is 318 g/mol. The molecule has 4 rings (SSSR count). The SMILES string of the molecule is COc1ccc(CN(Cc2nccs2)[C@H]2CC23CCNCC3)cc1. The van der Waals surface area contributed by atoms with Crippen LogP contribution in [0.3, 0.4) is 0 Å². The van der Waals surface area contributed by atoms with Gasteiger partial charge >= 0.3 is 0 Å². The van der Waals surface area contributed by atoms with Crippen molar-refractivity contribution in [2.24, 2.45) is 5.41 Å². The number of methoxy groups -OCH3 is 1. The molecule has 128 valence electrons. The summed E-state index contributed by atoms with van der Waals surface area (Å²) in [5.41, 5.74) is 1.90. The number of nitrogens with zero attached hydrogens (tertiary/aromatic N) is 2. The molecule has 0 unspecified atom stereocenters. The maximum atomic E-state index is 5.28. The zero-order valence-electron chi connectivity index (χ0n) is 14.2. The molecule has 2 aromatic rings. The molecule has 1 aromatic carbocycles. The van der Waals surface area contributed by atoms with E-state index in [1.807, 2.05) is 6.20 Å². The molecule has 4 nitrogen and oxygen atoms in total. The summed E-state index contributed by atoms with van der Waals surface area (Å²) in [7, 11) is 1.72. The Bertz CT molecular complexity index is 650.